The summed E-state index contributed by atoms with van der Waals surface area (Å²) in [6, 6.07) is 16.4. The van der Waals surface area contributed by atoms with Crippen molar-refractivity contribution in [3.63, 3.8) is 0 Å². The van der Waals surface area contributed by atoms with Gasteiger partial charge in [-0.1, -0.05) is 61.9 Å². The third kappa shape index (κ3) is 3.86. The lowest BCUT2D eigenvalue weighted by Crippen LogP contribution is -2.27. The molecule has 5 rings (SSSR count). The second-order valence-corrected chi connectivity index (χ2v) is 8.27. The fraction of sp³-hybridized carbons (Fsp3) is 0.320. The number of nitrogens with one attached hydrogen (secondary N) is 1. The zero-order chi connectivity index (χ0) is 21.9. The Labute approximate surface area is 186 Å². The Kier molecular flexibility index (Phi) is 5.62. The standard InChI is InChI=1S/C25H26N6O/c1-2-3-9-22-21(25(32)31-15-6-10-23(31)26-22)16-17-11-13-18(14-12-17)19-7-4-5-8-20(19)24-27-29-30-28-24/h4-5,7-8,11-14H,2-3,6,9-10,15-16H2,1H3,(H,27,28,29,30). The van der Waals surface area contributed by atoms with Gasteiger partial charge in [0.2, 0.25) is 5.82 Å². The van der Waals surface area contributed by atoms with Crippen LogP contribution in [0.4, 0.5) is 0 Å². The summed E-state index contributed by atoms with van der Waals surface area (Å²) in [5.74, 6) is 1.53. The third-order valence-corrected chi connectivity index (χ3v) is 6.14. The zero-order valence-electron chi connectivity index (χ0n) is 18.2. The Morgan fingerprint density at radius 1 is 1.06 bits per heavy atom. The SMILES string of the molecule is CCCCc1nc2n(c(=O)c1Cc1ccc(-c3ccccc3-c3nn[nH]n3)cc1)CCC2. The van der Waals surface area contributed by atoms with Gasteiger partial charge in [0, 0.05) is 30.5 Å². The Morgan fingerprint density at radius 2 is 1.88 bits per heavy atom. The number of aryl methyl sites for hydroxylation is 2. The summed E-state index contributed by atoms with van der Waals surface area (Å²) >= 11 is 0. The topological polar surface area (TPSA) is 89.4 Å². The van der Waals surface area contributed by atoms with E-state index in [0.717, 1.165) is 78.0 Å². The van der Waals surface area contributed by atoms with E-state index in [0.29, 0.717) is 12.2 Å². The molecule has 0 atom stereocenters. The van der Waals surface area contributed by atoms with Gasteiger partial charge < -0.3 is 0 Å². The second kappa shape index (κ2) is 8.86. The molecule has 0 fully saturated rings. The molecule has 4 aromatic rings. The average molecular weight is 427 g/mol. The minimum Gasteiger partial charge on any atom is -0.296 e. The highest BCUT2D eigenvalue weighted by Crippen LogP contribution is 2.30. The highest BCUT2D eigenvalue weighted by Gasteiger charge is 2.20. The molecular formula is C25H26N6O. The largest absolute Gasteiger partial charge is 0.296 e. The Hall–Kier alpha value is -3.61. The molecule has 3 heterocycles. The van der Waals surface area contributed by atoms with E-state index >= 15 is 0 Å². The fourth-order valence-electron chi connectivity index (χ4n) is 4.44. The Morgan fingerprint density at radius 3 is 2.62 bits per heavy atom. The van der Waals surface area contributed by atoms with Crippen molar-refractivity contribution in [1.82, 2.24) is 30.2 Å². The van der Waals surface area contributed by atoms with Crippen LogP contribution in [-0.2, 0) is 25.8 Å². The predicted molar refractivity (Wildman–Crippen MR) is 123 cm³/mol. The van der Waals surface area contributed by atoms with Crippen molar-refractivity contribution < 1.29 is 0 Å². The number of aromatic amines is 1. The first-order valence-electron chi connectivity index (χ1n) is 11.3. The molecule has 2 aromatic carbocycles. The molecule has 0 bridgehead atoms. The van der Waals surface area contributed by atoms with Gasteiger partial charge in [-0.3, -0.25) is 9.36 Å². The predicted octanol–water partition coefficient (Wildman–Crippen LogP) is 3.97. The van der Waals surface area contributed by atoms with E-state index in [1.54, 1.807) is 0 Å². The molecule has 0 saturated carbocycles. The van der Waals surface area contributed by atoms with Crippen LogP contribution in [0.15, 0.2) is 53.3 Å². The van der Waals surface area contributed by atoms with E-state index in [-0.39, 0.29) is 5.56 Å². The molecule has 0 saturated heterocycles. The highest BCUT2D eigenvalue weighted by molar-refractivity contribution is 5.80. The molecule has 1 aliphatic rings. The third-order valence-electron chi connectivity index (χ3n) is 6.14. The van der Waals surface area contributed by atoms with Gasteiger partial charge in [-0.15, -0.1) is 10.2 Å². The number of hydrogen-bond acceptors (Lipinski definition) is 5. The molecule has 0 spiro atoms. The highest BCUT2D eigenvalue weighted by atomic mass is 16.1. The maximum atomic E-state index is 13.2. The molecule has 0 amide bonds. The van der Waals surface area contributed by atoms with Crippen molar-refractivity contribution in [1.29, 1.82) is 0 Å². The van der Waals surface area contributed by atoms with Gasteiger partial charge in [-0.05, 0) is 41.2 Å². The molecule has 162 valence electrons. The summed E-state index contributed by atoms with van der Waals surface area (Å²) in [4.78, 5) is 18.1. The van der Waals surface area contributed by atoms with Crippen LogP contribution in [0.3, 0.4) is 0 Å². The van der Waals surface area contributed by atoms with E-state index in [4.69, 9.17) is 4.98 Å². The average Bonchev–Trinajstić information content (AvgIpc) is 3.53. The number of benzene rings is 2. The Bertz CT molecular complexity index is 1280. The number of H-pyrrole nitrogens is 1. The molecule has 0 radical (unpaired) electrons. The van der Waals surface area contributed by atoms with E-state index < -0.39 is 0 Å². The van der Waals surface area contributed by atoms with Crippen molar-refractivity contribution >= 4 is 0 Å². The first kappa shape index (κ1) is 20.3. The minimum absolute atomic E-state index is 0.144. The molecular weight excluding hydrogens is 400 g/mol. The molecule has 1 N–H and O–H groups in total. The summed E-state index contributed by atoms with van der Waals surface area (Å²) in [6.07, 6.45) is 5.53. The number of nitrogens with zero attached hydrogens (tertiary/aromatic N) is 5. The zero-order valence-corrected chi connectivity index (χ0v) is 18.2. The number of hydrogen-bond donors (Lipinski definition) is 1. The van der Waals surface area contributed by atoms with Gasteiger partial charge in [0.25, 0.3) is 5.56 Å². The molecule has 2 aromatic heterocycles. The summed E-state index contributed by atoms with van der Waals surface area (Å²) in [7, 11) is 0. The molecule has 7 heteroatoms. The summed E-state index contributed by atoms with van der Waals surface area (Å²) in [6.45, 7) is 2.96. The van der Waals surface area contributed by atoms with Crippen molar-refractivity contribution in [2.45, 2.75) is 52.0 Å². The van der Waals surface area contributed by atoms with Crippen LogP contribution in [0.1, 0.15) is 48.8 Å². The summed E-state index contributed by atoms with van der Waals surface area (Å²) in [5, 5.41) is 14.5. The number of unbranched alkanes of at least 4 members (excludes halogenated alkanes) is 1. The molecule has 32 heavy (non-hydrogen) atoms. The molecule has 0 unspecified atom stereocenters. The van der Waals surface area contributed by atoms with Gasteiger partial charge in [0.1, 0.15) is 5.82 Å². The number of aromatic nitrogens is 6. The number of fused-ring (bicyclic) bond motifs is 1. The van der Waals surface area contributed by atoms with Crippen LogP contribution >= 0.6 is 0 Å². The van der Waals surface area contributed by atoms with Crippen LogP contribution < -0.4 is 5.56 Å². The first-order chi connectivity index (χ1) is 15.7. The quantitative estimate of drug-likeness (QED) is 0.483. The number of rotatable bonds is 7. The van der Waals surface area contributed by atoms with Gasteiger partial charge in [0.05, 0.1) is 5.69 Å². The van der Waals surface area contributed by atoms with Gasteiger partial charge in [0.15, 0.2) is 0 Å². The maximum absolute atomic E-state index is 13.2. The molecule has 0 aliphatic carbocycles. The van der Waals surface area contributed by atoms with Crippen LogP contribution in [0.5, 0.6) is 0 Å². The van der Waals surface area contributed by atoms with Gasteiger partial charge in [-0.2, -0.15) is 5.21 Å². The van der Waals surface area contributed by atoms with Crippen LogP contribution in [0.2, 0.25) is 0 Å². The van der Waals surface area contributed by atoms with Gasteiger partial charge in [-0.25, -0.2) is 4.98 Å². The Balaban J connectivity index is 1.46. The second-order valence-electron chi connectivity index (χ2n) is 8.27. The van der Waals surface area contributed by atoms with Crippen molar-refractivity contribution in [3.05, 3.63) is 81.5 Å². The summed E-state index contributed by atoms with van der Waals surface area (Å²) in [5.41, 5.74) is 6.14. The lowest BCUT2D eigenvalue weighted by Gasteiger charge is -2.13. The lowest BCUT2D eigenvalue weighted by atomic mass is 9.96. The van der Waals surface area contributed by atoms with Gasteiger partial charge >= 0.3 is 0 Å². The van der Waals surface area contributed by atoms with Crippen LogP contribution in [0.25, 0.3) is 22.5 Å². The lowest BCUT2D eigenvalue weighted by molar-refractivity contribution is 0.680. The monoisotopic (exact) mass is 426 g/mol. The van der Waals surface area contributed by atoms with Crippen molar-refractivity contribution in [3.8, 4) is 22.5 Å². The minimum atomic E-state index is 0.144. The van der Waals surface area contributed by atoms with Crippen molar-refractivity contribution in [2.24, 2.45) is 0 Å². The van der Waals surface area contributed by atoms with E-state index in [1.807, 2.05) is 22.8 Å². The smallest absolute Gasteiger partial charge is 0.257 e. The fourth-order valence-corrected chi connectivity index (χ4v) is 4.44. The van der Waals surface area contributed by atoms with E-state index in [9.17, 15) is 4.79 Å². The van der Waals surface area contributed by atoms with E-state index in [1.165, 1.54) is 0 Å². The molecule has 7 nitrogen and oxygen atoms in total. The van der Waals surface area contributed by atoms with Crippen LogP contribution in [0, 0.1) is 0 Å². The molecule has 1 aliphatic heterocycles. The number of tetrazole rings is 1. The van der Waals surface area contributed by atoms with Crippen molar-refractivity contribution in [2.75, 3.05) is 0 Å². The normalized spacial score (nSPS) is 12.8. The maximum Gasteiger partial charge on any atom is 0.257 e. The first-order valence-corrected chi connectivity index (χ1v) is 11.3. The van der Waals surface area contributed by atoms with Crippen LogP contribution in [-0.4, -0.2) is 30.2 Å². The summed E-state index contributed by atoms with van der Waals surface area (Å²) < 4.78 is 1.88. The van der Waals surface area contributed by atoms with E-state index in [2.05, 4.69) is 57.9 Å².